The molecule has 5 nitrogen and oxygen atoms in total. The van der Waals surface area contributed by atoms with Crippen molar-refractivity contribution in [2.24, 2.45) is 0 Å². The molecule has 0 bridgehead atoms. The van der Waals surface area contributed by atoms with Crippen LogP contribution in [0.1, 0.15) is 31.8 Å². The zero-order chi connectivity index (χ0) is 18.0. The number of aromatic hydroxyl groups is 2. The number of benzene rings is 3. The van der Waals surface area contributed by atoms with Crippen LogP contribution < -0.4 is 5.73 Å². The Morgan fingerprint density at radius 3 is 1.32 bits per heavy atom. The van der Waals surface area contributed by atoms with Crippen LogP contribution >= 0.6 is 0 Å². The van der Waals surface area contributed by atoms with Gasteiger partial charge in [-0.05, 0) is 66.7 Å². The highest BCUT2D eigenvalue weighted by Crippen LogP contribution is 2.21. The second-order valence-corrected chi connectivity index (χ2v) is 5.60. The minimum absolute atomic E-state index is 0.0623. The van der Waals surface area contributed by atoms with Gasteiger partial charge in [0.15, 0.2) is 11.6 Å². The maximum atomic E-state index is 12.6. The molecule has 0 saturated carbocycles. The number of nitrogens with two attached hydrogens (primary N) is 1. The molecule has 0 aromatic heterocycles. The van der Waals surface area contributed by atoms with Crippen LogP contribution in [0.3, 0.4) is 0 Å². The van der Waals surface area contributed by atoms with Gasteiger partial charge in [-0.15, -0.1) is 0 Å². The van der Waals surface area contributed by atoms with Crippen LogP contribution in [0, 0.1) is 0 Å². The molecule has 5 heteroatoms. The standard InChI is InChI=1S/C20H15NO4/c21-16-10-14(19(24)12-1-5-17(22)6-2-12)9-15(11-16)20(25)13-3-7-18(23)8-4-13/h1-11,22-23H,21H2. The first-order chi connectivity index (χ1) is 11.9. The molecule has 0 aliphatic rings. The normalized spacial score (nSPS) is 10.4. The van der Waals surface area contributed by atoms with Gasteiger partial charge in [-0.3, -0.25) is 9.59 Å². The molecule has 3 aromatic rings. The summed E-state index contributed by atoms with van der Waals surface area (Å²) in [5.74, 6) is -0.473. The largest absolute Gasteiger partial charge is 0.508 e. The van der Waals surface area contributed by atoms with Crippen LogP contribution in [0.2, 0.25) is 0 Å². The van der Waals surface area contributed by atoms with Gasteiger partial charge >= 0.3 is 0 Å². The number of anilines is 1. The molecule has 0 atom stereocenters. The third-order valence-corrected chi connectivity index (χ3v) is 3.74. The fourth-order valence-electron chi connectivity index (χ4n) is 2.47. The third-order valence-electron chi connectivity index (χ3n) is 3.74. The summed E-state index contributed by atoms with van der Waals surface area (Å²) in [4.78, 5) is 25.2. The molecule has 0 radical (unpaired) electrons. The van der Waals surface area contributed by atoms with Crippen LogP contribution in [0.5, 0.6) is 11.5 Å². The van der Waals surface area contributed by atoms with E-state index in [0.717, 1.165) is 0 Å². The van der Waals surface area contributed by atoms with Gasteiger partial charge in [0.1, 0.15) is 11.5 Å². The van der Waals surface area contributed by atoms with E-state index in [0.29, 0.717) is 16.8 Å². The van der Waals surface area contributed by atoms with Crippen molar-refractivity contribution in [2.45, 2.75) is 0 Å². The van der Waals surface area contributed by atoms with Crippen molar-refractivity contribution in [1.82, 2.24) is 0 Å². The van der Waals surface area contributed by atoms with Crippen LogP contribution in [0.4, 0.5) is 5.69 Å². The number of rotatable bonds is 4. The molecule has 3 rings (SSSR count). The first-order valence-corrected chi connectivity index (χ1v) is 7.52. The van der Waals surface area contributed by atoms with E-state index in [4.69, 9.17) is 5.73 Å². The van der Waals surface area contributed by atoms with E-state index in [1.165, 1.54) is 66.7 Å². The molecule has 0 amide bonds. The Labute approximate surface area is 144 Å². The van der Waals surface area contributed by atoms with Crippen molar-refractivity contribution in [3.63, 3.8) is 0 Å². The van der Waals surface area contributed by atoms with E-state index in [-0.39, 0.29) is 34.2 Å². The summed E-state index contributed by atoms with van der Waals surface area (Å²) in [6.07, 6.45) is 0. The molecular formula is C20H15NO4. The molecule has 124 valence electrons. The number of phenols is 2. The SMILES string of the molecule is Nc1cc(C(=O)c2ccc(O)cc2)cc(C(=O)c2ccc(O)cc2)c1. The fraction of sp³-hybridized carbons (Fsp3) is 0. The van der Waals surface area contributed by atoms with Crippen molar-refractivity contribution < 1.29 is 19.8 Å². The van der Waals surface area contributed by atoms with Crippen LogP contribution in [-0.2, 0) is 0 Å². The van der Waals surface area contributed by atoms with Crippen LogP contribution in [0.15, 0.2) is 66.7 Å². The summed E-state index contributed by atoms with van der Waals surface area (Å²) in [6.45, 7) is 0. The molecule has 0 saturated heterocycles. The summed E-state index contributed by atoms with van der Waals surface area (Å²) >= 11 is 0. The number of nitrogen functional groups attached to an aromatic ring is 1. The third kappa shape index (κ3) is 3.50. The number of carbonyl (C=O) groups excluding carboxylic acids is 2. The van der Waals surface area contributed by atoms with E-state index >= 15 is 0 Å². The molecule has 0 spiro atoms. The summed E-state index contributed by atoms with van der Waals surface area (Å²) in [5, 5.41) is 18.6. The topological polar surface area (TPSA) is 101 Å². The smallest absolute Gasteiger partial charge is 0.193 e. The average Bonchev–Trinajstić information content (AvgIpc) is 2.61. The Balaban J connectivity index is 1.97. The molecular weight excluding hydrogens is 318 g/mol. The van der Waals surface area contributed by atoms with Gasteiger partial charge in [-0.2, -0.15) is 0 Å². The summed E-state index contributed by atoms with van der Waals surface area (Å²) in [5.41, 5.74) is 7.48. The monoisotopic (exact) mass is 333 g/mol. The number of carbonyl (C=O) groups is 2. The lowest BCUT2D eigenvalue weighted by Crippen LogP contribution is -2.07. The predicted molar refractivity (Wildman–Crippen MR) is 93.9 cm³/mol. The van der Waals surface area contributed by atoms with E-state index < -0.39 is 0 Å². The second-order valence-electron chi connectivity index (χ2n) is 5.60. The molecule has 0 unspecified atom stereocenters. The Hall–Kier alpha value is -3.60. The Morgan fingerprint density at radius 2 is 0.960 bits per heavy atom. The van der Waals surface area contributed by atoms with E-state index in [9.17, 15) is 19.8 Å². The number of hydrogen-bond donors (Lipinski definition) is 3. The van der Waals surface area contributed by atoms with E-state index in [1.807, 2.05) is 0 Å². The predicted octanol–water partition coefficient (Wildman–Crippen LogP) is 3.14. The summed E-state index contributed by atoms with van der Waals surface area (Å²) in [7, 11) is 0. The Kier molecular flexibility index (Phi) is 4.22. The fourth-order valence-corrected chi connectivity index (χ4v) is 2.47. The van der Waals surface area contributed by atoms with E-state index in [2.05, 4.69) is 0 Å². The molecule has 0 fully saturated rings. The minimum atomic E-state index is -0.299. The van der Waals surface area contributed by atoms with E-state index in [1.54, 1.807) is 0 Å². The molecule has 0 aliphatic carbocycles. The van der Waals surface area contributed by atoms with Crippen molar-refractivity contribution >= 4 is 17.3 Å². The van der Waals surface area contributed by atoms with Crippen molar-refractivity contribution in [2.75, 3.05) is 5.73 Å². The molecule has 0 heterocycles. The minimum Gasteiger partial charge on any atom is -0.508 e. The van der Waals surface area contributed by atoms with Crippen LogP contribution in [0.25, 0.3) is 0 Å². The second kappa shape index (κ2) is 6.49. The molecule has 25 heavy (non-hydrogen) atoms. The summed E-state index contributed by atoms with van der Waals surface area (Å²) < 4.78 is 0. The first kappa shape index (κ1) is 16.3. The Morgan fingerprint density at radius 1 is 0.600 bits per heavy atom. The summed E-state index contributed by atoms with van der Waals surface area (Å²) in [6, 6.07) is 16.2. The number of phenolic OH excluding ortho intramolecular Hbond substituents is 2. The molecule has 0 aliphatic heterocycles. The highest BCUT2D eigenvalue weighted by atomic mass is 16.3. The zero-order valence-corrected chi connectivity index (χ0v) is 13.1. The average molecular weight is 333 g/mol. The van der Waals surface area contributed by atoms with Crippen molar-refractivity contribution in [1.29, 1.82) is 0 Å². The molecule has 4 N–H and O–H groups in total. The lowest BCUT2D eigenvalue weighted by molar-refractivity contribution is 0.103. The highest BCUT2D eigenvalue weighted by Gasteiger charge is 2.15. The van der Waals surface area contributed by atoms with Gasteiger partial charge < -0.3 is 15.9 Å². The first-order valence-electron chi connectivity index (χ1n) is 7.52. The van der Waals surface area contributed by atoms with Gasteiger partial charge in [0.05, 0.1) is 0 Å². The van der Waals surface area contributed by atoms with Crippen molar-refractivity contribution in [3.05, 3.63) is 89.0 Å². The number of ketones is 2. The van der Waals surface area contributed by atoms with Gasteiger partial charge in [0.25, 0.3) is 0 Å². The Bertz CT molecular complexity index is 869. The van der Waals surface area contributed by atoms with Gasteiger partial charge in [0.2, 0.25) is 0 Å². The lowest BCUT2D eigenvalue weighted by atomic mass is 9.96. The maximum absolute atomic E-state index is 12.6. The van der Waals surface area contributed by atoms with Gasteiger partial charge in [-0.25, -0.2) is 0 Å². The van der Waals surface area contributed by atoms with Crippen molar-refractivity contribution in [3.8, 4) is 11.5 Å². The lowest BCUT2D eigenvalue weighted by Gasteiger charge is -2.07. The highest BCUT2D eigenvalue weighted by molar-refractivity contribution is 6.14. The molecule has 3 aromatic carbocycles. The quantitative estimate of drug-likeness (QED) is 0.503. The van der Waals surface area contributed by atoms with Gasteiger partial charge in [0, 0.05) is 27.9 Å². The number of hydrogen-bond acceptors (Lipinski definition) is 5. The zero-order valence-electron chi connectivity index (χ0n) is 13.1. The van der Waals surface area contributed by atoms with Gasteiger partial charge in [-0.1, -0.05) is 0 Å². The van der Waals surface area contributed by atoms with Crippen LogP contribution in [-0.4, -0.2) is 21.8 Å². The maximum Gasteiger partial charge on any atom is 0.193 e.